The molecule has 2 atom stereocenters. The minimum absolute atomic E-state index is 0.417. The number of carboxylic acid groups (broad SMARTS) is 1. The predicted molar refractivity (Wildman–Crippen MR) is 55.2 cm³/mol. The van der Waals surface area contributed by atoms with Crippen LogP contribution in [0.5, 0.6) is 0 Å². The third-order valence-electron chi connectivity index (χ3n) is 2.60. The maximum absolute atomic E-state index is 11.0. The highest BCUT2D eigenvalue weighted by molar-refractivity contribution is 5.71. The number of aromatic nitrogens is 1. The van der Waals surface area contributed by atoms with Gasteiger partial charge in [0.2, 0.25) is 0 Å². The molecule has 0 radical (unpaired) electrons. The molecule has 1 aromatic heterocycles. The molecule has 0 saturated carbocycles. The lowest BCUT2D eigenvalue weighted by molar-refractivity contribution is -0.141. The van der Waals surface area contributed by atoms with Gasteiger partial charge in [-0.15, -0.1) is 0 Å². The molecular formula is C11H17NO2. The molecule has 78 valence electrons. The van der Waals surface area contributed by atoms with Crippen LogP contribution in [0.4, 0.5) is 0 Å². The van der Waals surface area contributed by atoms with E-state index >= 15 is 0 Å². The summed E-state index contributed by atoms with van der Waals surface area (Å²) in [5.41, 5.74) is 0. The van der Waals surface area contributed by atoms with Crippen molar-refractivity contribution in [1.29, 1.82) is 0 Å². The minimum Gasteiger partial charge on any atom is -0.480 e. The Morgan fingerprint density at radius 3 is 2.43 bits per heavy atom. The number of carbonyl (C=O) groups is 1. The Kier molecular flexibility index (Phi) is 3.74. The molecule has 0 spiro atoms. The van der Waals surface area contributed by atoms with Gasteiger partial charge < -0.3 is 9.67 Å². The quantitative estimate of drug-likeness (QED) is 0.784. The first-order valence-corrected chi connectivity index (χ1v) is 5.00. The highest BCUT2D eigenvalue weighted by Crippen LogP contribution is 2.20. The van der Waals surface area contributed by atoms with Crippen molar-refractivity contribution >= 4 is 5.97 Å². The summed E-state index contributed by atoms with van der Waals surface area (Å²) in [6, 6.07) is 3.29. The second-order valence-corrected chi connectivity index (χ2v) is 3.73. The molecule has 0 aliphatic rings. The van der Waals surface area contributed by atoms with Crippen molar-refractivity contribution in [1.82, 2.24) is 4.57 Å². The van der Waals surface area contributed by atoms with Crippen molar-refractivity contribution in [3.05, 3.63) is 24.5 Å². The van der Waals surface area contributed by atoms with Crippen LogP contribution in [0, 0.1) is 5.92 Å². The smallest absolute Gasteiger partial charge is 0.326 e. The van der Waals surface area contributed by atoms with Crippen LogP contribution in [0.3, 0.4) is 0 Å². The first-order chi connectivity index (χ1) is 6.65. The van der Waals surface area contributed by atoms with Crippen LogP contribution in [0.2, 0.25) is 0 Å². The highest BCUT2D eigenvalue weighted by atomic mass is 16.4. The van der Waals surface area contributed by atoms with E-state index in [0.717, 1.165) is 6.42 Å². The Morgan fingerprint density at radius 1 is 1.43 bits per heavy atom. The van der Waals surface area contributed by atoms with Crippen molar-refractivity contribution in [3.63, 3.8) is 0 Å². The maximum atomic E-state index is 11.0. The van der Waals surface area contributed by atoms with E-state index in [1.165, 1.54) is 0 Å². The lowest BCUT2D eigenvalue weighted by atomic mass is 9.99. The summed E-state index contributed by atoms with van der Waals surface area (Å²) < 4.78 is 1.76. The van der Waals surface area contributed by atoms with Crippen molar-refractivity contribution in [3.8, 4) is 0 Å². The normalized spacial score (nSPS) is 15.0. The summed E-state index contributed by atoms with van der Waals surface area (Å²) in [7, 11) is 0. The summed E-state index contributed by atoms with van der Waals surface area (Å²) in [6.45, 7) is 4.17. The van der Waals surface area contributed by atoms with Crippen LogP contribution in [0.25, 0.3) is 0 Å². The number of rotatable bonds is 5. The number of hydrogen-bond acceptors (Lipinski definition) is 1. The maximum Gasteiger partial charge on any atom is 0.326 e. The van der Waals surface area contributed by atoms with E-state index in [1.54, 1.807) is 17.0 Å². The molecule has 0 aliphatic carbocycles. The van der Waals surface area contributed by atoms with E-state index in [-0.39, 0.29) is 0 Å². The van der Waals surface area contributed by atoms with Gasteiger partial charge in [-0.3, -0.25) is 0 Å². The number of carboxylic acids is 1. The molecule has 0 amide bonds. The third-order valence-corrected chi connectivity index (χ3v) is 2.60. The molecule has 1 rings (SSSR count). The van der Waals surface area contributed by atoms with Gasteiger partial charge >= 0.3 is 5.97 Å². The van der Waals surface area contributed by atoms with E-state index in [9.17, 15) is 4.79 Å². The molecule has 0 bridgehead atoms. The van der Waals surface area contributed by atoms with Crippen LogP contribution < -0.4 is 0 Å². The third kappa shape index (κ3) is 2.62. The topological polar surface area (TPSA) is 42.2 Å². The van der Waals surface area contributed by atoms with Gasteiger partial charge in [-0.25, -0.2) is 4.79 Å². The number of hydrogen-bond donors (Lipinski definition) is 1. The van der Waals surface area contributed by atoms with Gasteiger partial charge in [0.05, 0.1) is 0 Å². The van der Waals surface area contributed by atoms with E-state index in [1.807, 2.05) is 12.1 Å². The van der Waals surface area contributed by atoms with Crippen molar-refractivity contribution < 1.29 is 9.90 Å². The van der Waals surface area contributed by atoms with Crippen LogP contribution in [0.1, 0.15) is 32.7 Å². The van der Waals surface area contributed by atoms with Gasteiger partial charge in [-0.05, 0) is 24.5 Å². The van der Waals surface area contributed by atoms with Crippen LogP contribution in [-0.4, -0.2) is 15.6 Å². The molecule has 1 N–H and O–H groups in total. The summed E-state index contributed by atoms with van der Waals surface area (Å²) in [4.78, 5) is 11.0. The van der Waals surface area contributed by atoms with Gasteiger partial charge in [0.1, 0.15) is 6.04 Å². The molecule has 0 saturated heterocycles. The van der Waals surface area contributed by atoms with Crippen LogP contribution >= 0.6 is 0 Å². The molecule has 1 heterocycles. The second-order valence-electron chi connectivity index (χ2n) is 3.73. The fourth-order valence-electron chi connectivity index (χ4n) is 1.45. The van der Waals surface area contributed by atoms with E-state index in [4.69, 9.17) is 5.11 Å². The van der Waals surface area contributed by atoms with Gasteiger partial charge in [0, 0.05) is 12.4 Å². The zero-order chi connectivity index (χ0) is 10.6. The monoisotopic (exact) mass is 195 g/mol. The van der Waals surface area contributed by atoms with Gasteiger partial charge in [0.15, 0.2) is 0 Å². The van der Waals surface area contributed by atoms with E-state index < -0.39 is 12.0 Å². The van der Waals surface area contributed by atoms with Crippen molar-refractivity contribution in [2.75, 3.05) is 0 Å². The van der Waals surface area contributed by atoms with Crippen molar-refractivity contribution in [2.24, 2.45) is 5.92 Å². The first kappa shape index (κ1) is 10.8. The predicted octanol–water partition coefficient (Wildman–Crippen LogP) is 2.55. The highest BCUT2D eigenvalue weighted by Gasteiger charge is 2.20. The molecule has 14 heavy (non-hydrogen) atoms. The average molecular weight is 195 g/mol. The van der Waals surface area contributed by atoms with Crippen LogP contribution in [0.15, 0.2) is 24.5 Å². The molecule has 3 heteroatoms. The summed E-state index contributed by atoms with van der Waals surface area (Å²) in [5, 5.41) is 9.07. The first-order valence-electron chi connectivity index (χ1n) is 5.00. The van der Waals surface area contributed by atoms with Gasteiger partial charge in [0.25, 0.3) is 0 Å². The molecular weight excluding hydrogens is 178 g/mol. The molecule has 3 nitrogen and oxygen atoms in total. The lowest BCUT2D eigenvalue weighted by Gasteiger charge is -2.17. The Morgan fingerprint density at radius 2 is 2.00 bits per heavy atom. The Labute approximate surface area is 84.4 Å². The SMILES string of the molecule is CCC(C)C[C@@H](C(=O)O)n1cccc1. The molecule has 0 fully saturated rings. The fraction of sp³-hybridized carbons (Fsp3) is 0.545. The second kappa shape index (κ2) is 4.84. The van der Waals surface area contributed by atoms with E-state index in [0.29, 0.717) is 12.3 Å². The zero-order valence-corrected chi connectivity index (χ0v) is 8.68. The van der Waals surface area contributed by atoms with E-state index in [2.05, 4.69) is 13.8 Å². The Hall–Kier alpha value is -1.25. The molecule has 0 aliphatic heterocycles. The molecule has 0 aromatic carbocycles. The fourth-order valence-corrected chi connectivity index (χ4v) is 1.45. The molecule has 1 unspecified atom stereocenters. The van der Waals surface area contributed by atoms with Gasteiger partial charge in [-0.2, -0.15) is 0 Å². The largest absolute Gasteiger partial charge is 0.480 e. The Balaban J connectivity index is 2.71. The Bertz CT molecular complexity index is 279. The summed E-state index contributed by atoms with van der Waals surface area (Å²) >= 11 is 0. The minimum atomic E-state index is -0.749. The number of nitrogens with zero attached hydrogens (tertiary/aromatic N) is 1. The average Bonchev–Trinajstić information content (AvgIpc) is 2.65. The van der Waals surface area contributed by atoms with Gasteiger partial charge in [-0.1, -0.05) is 20.3 Å². The summed E-state index contributed by atoms with van der Waals surface area (Å²) in [5.74, 6) is -0.306. The lowest BCUT2D eigenvalue weighted by Crippen LogP contribution is -2.20. The van der Waals surface area contributed by atoms with Crippen molar-refractivity contribution in [2.45, 2.75) is 32.7 Å². The number of aliphatic carboxylic acids is 1. The summed E-state index contributed by atoms with van der Waals surface area (Å²) in [6.07, 6.45) is 5.33. The zero-order valence-electron chi connectivity index (χ0n) is 8.68. The molecule has 1 aromatic rings. The van der Waals surface area contributed by atoms with Crippen LogP contribution in [-0.2, 0) is 4.79 Å². The standard InChI is InChI=1S/C11H17NO2/c1-3-9(2)8-10(11(13)14)12-6-4-5-7-12/h4-7,9-10H,3,8H2,1-2H3,(H,13,14)/t9?,10-/m0/s1.